The molecule has 2 heterocycles. The summed E-state index contributed by atoms with van der Waals surface area (Å²) in [4.78, 5) is 16.0. The fraction of sp³-hybridized carbons (Fsp3) is 0.167. The Balaban J connectivity index is 2.18. The summed E-state index contributed by atoms with van der Waals surface area (Å²) in [5.74, 6) is -2.12. The maximum Gasteiger partial charge on any atom is 0.419 e. The predicted molar refractivity (Wildman–Crippen MR) is 87.7 cm³/mol. The molecule has 0 aliphatic rings. The third-order valence-electron chi connectivity index (χ3n) is 3.65. The Hall–Kier alpha value is -3.23. The minimum absolute atomic E-state index is 0.0573. The lowest BCUT2D eigenvalue weighted by Gasteiger charge is -2.12. The van der Waals surface area contributed by atoms with Crippen LogP contribution < -0.4 is 0 Å². The van der Waals surface area contributed by atoms with Crippen molar-refractivity contribution in [2.45, 2.75) is 13.1 Å². The summed E-state index contributed by atoms with van der Waals surface area (Å²) in [5.41, 5.74) is -0.749. The Bertz CT molecular complexity index is 968. The number of nitrogens with zero attached hydrogens (tertiary/aromatic N) is 3. The fourth-order valence-electron chi connectivity index (χ4n) is 2.46. The Kier molecular flexibility index (Phi) is 4.93. The van der Waals surface area contributed by atoms with Gasteiger partial charge in [-0.15, -0.1) is 0 Å². The molecular formula is C18H13F4N3O2. The molecule has 3 aromatic rings. The minimum Gasteiger partial charge on any atom is -0.461 e. The second-order valence-electron chi connectivity index (χ2n) is 5.45. The first-order valence-electron chi connectivity index (χ1n) is 7.86. The van der Waals surface area contributed by atoms with Gasteiger partial charge < -0.3 is 4.74 Å². The van der Waals surface area contributed by atoms with Crippen molar-refractivity contribution in [1.29, 1.82) is 0 Å². The van der Waals surface area contributed by atoms with E-state index in [9.17, 15) is 22.4 Å². The Labute approximate surface area is 151 Å². The van der Waals surface area contributed by atoms with Crippen molar-refractivity contribution < 1.29 is 27.1 Å². The van der Waals surface area contributed by atoms with Crippen molar-refractivity contribution in [3.63, 3.8) is 0 Å². The van der Waals surface area contributed by atoms with Gasteiger partial charge in [-0.25, -0.2) is 13.9 Å². The van der Waals surface area contributed by atoms with Crippen molar-refractivity contribution in [3.05, 3.63) is 65.9 Å². The average Bonchev–Trinajstić information content (AvgIpc) is 3.07. The third-order valence-corrected chi connectivity index (χ3v) is 3.65. The third kappa shape index (κ3) is 3.81. The molecule has 5 nitrogen and oxygen atoms in total. The van der Waals surface area contributed by atoms with Crippen molar-refractivity contribution in [2.24, 2.45) is 0 Å². The van der Waals surface area contributed by atoms with Crippen LogP contribution in [-0.2, 0) is 10.9 Å². The summed E-state index contributed by atoms with van der Waals surface area (Å²) in [5, 5.41) is 4.05. The normalized spacial score (nSPS) is 11.4. The standard InChI is InChI=1S/C18H13F4N3O2/c1-2-27-17(26)15-9-16(11-4-3-7-23-10-11)25(24-15)12-5-6-14(19)13(8-12)18(20,21)22/h3-10H,2H2,1H3. The number of carbonyl (C=O) groups excluding carboxylic acids is 1. The molecule has 9 heteroatoms. The summed E-state index contributed by atoms with van der Waals surface area (Å²) in [7, 11) is 0. The van der Waals surface area contributed by atoms with Gasteiger partial charge in [0.05, 0.1) is 23.6 Å². The van der Waals surface area contributed by atoms with E-state index in [4.69, 9.17) is 4.74 Å². The highest BCUT2D eigenvalue weighted by Crippen LogP contribution is 2.33. The zero-order valence-corrected chi connectivity index (χ0v) is 14.0. The summed E-state index contributed by atoms with van der Waals surface area (Å²) in [6.45, 7) is 1.73. The van der Waals surface area contributed by atoms with Crippen LogP contribution in [0.1, 0.15) is 23.0 Å². The van der Waals surface area contributed by atoms with Crippen molar-refractivity contribution >= 4 is 5.97 Å². The van der Waals surface area contributed by atoms with Gasteiger partial charge in [0, 0.05) is 18.0 Å². The first-order valence-corrected chi connectivity index (χ1v) is 7.86. The number of carbonyl (C=O) groups is 1. The van der Waals surface area contributed by atoms with Crippen LogP contribution >= 0.6 is 0 Å². The van der Waals surface area contributed by atoms with E-state index >= 15 is 0 Å². The fourth-order valence-corrected chi connectivity index (χ4v) is 2.46. The molecule has 0 unspecified atom stereocenters. The molecule has 0 spiro atoms. The Morgan fingerprint density at radius 2 is 2.00 bits per heavy atom. The highest BCUT2D eigenvalue weighted by atomic mass is 19.4. The molecule has 0 aliphatic heterocycles. The Morgan fingerprint density at radius 1 is 1.22 bits per heavy atom. The van der Waals surface area contributed by atoms with Crippen LogP contribution in [0.2, 0.25) is 0 Å². The number of hydrogen-bond donors (Lipinski definition) is 0. The molecule has 0 aliphatic carbocycles. The number of pyridine rings is 1. The van der Waals surface area contributed by atoms with E-state index < -0.39 is 23.5 Å². The van der Waals surface area contributed by atoms with Crippen LogP contribution in [0.3, 0.4) is 0 Å². The van der Waals surface area contributed by atoms with Crippen molar-refractivity contribution in [3.8, 4) is 16.9 Å². The van der Waals surface area contributed by atoms with Crippen LogP contribution in [0.4, 0.5) is 17.6 Å². The van der Waals surface area contributed by atoms with Crippen molar-refractivity contribution in [1.82, 2.24) is 14.8 Å². The second-order valence-corrected chi connectivity index (χ2v) is 5.45. The molecule has 0 amide bonds. The number of ether oxygens (including phenoxy) is 1. The summed E-state index contributed by atoms with van der Waals surface area (Å²) < 4.78 is 58.8. The number of alkyl halides is 3. The average molecular weight is 379 g/mol. The Morgan fingerprint density at radius 3 is 2.63 bits per heavy atom. The quantitative estimate of drug-likeness (QED) is 0.502. The number of aromatic nitrogens is 3. The lowest BCUT2D eigenvalue weighted by molar-refractivity contribution is -0.140. The van der Waals surface area contributed by atoms with Gasteiger partial charge in [0.1, 0.15) is 5.82 Å². The van der Waals surface area contributed by atoms with E-state index in [0.717, 1.165) is 10.7 Å². The van der Waals surface area contributed by atoms with Gasteiger partial charge in [-0.1, -0.05) is 0 Å². The van der Waals surface area contributed by atoms with E-state index in [2.05, 4.69) is 10.1 Å². The zero-order chi connectivity index (χ0) is 19.6. The van der Waals surface area contributed by atoms with Gasteiger partial charge in [-0.05, 0) is 43.3 Å². The van der Waals surface area contributed by atoms with Crippen molar-refractivity contribution in [2.75, 3.05) is 6.61 Å². The van der Waals surface area contributed by atoms with Gasteiger partial charge >= 0.3 is 12.1 Å². The predicted octanol–water partition coefficient (Wildman–Crippen LogP) is 4.27. The van der Waals surface area contributed by atoms with E-state index in [1.165, 1.54) is 18.5 Å². The maximum atomic E-state index is 13.6. The highest BCUT2D eigenvalue weighted by Gasteiger charge is 2.34. The topological polar surface area (TPSA) is 57.0 Å². The van der Waals surface area contributed by atoms with Gasteiger partial charge in [-0.2, -0.15) is 18.3 Å². The van der Waals surface area contributed by atoms with Crippen LogP contribution in [0.15, 0.2) is 48.8 Å². The monoisotopic (exact) mass is 379 g/mol. The van der Waals surface area contributed by atoms with E-state index in [0.29, 0.717) is 23.4 Å². The SMILES string of the molecule is CCOC(=O)c1cc(-c2cccnc2)n(-c2ccc(F)c(C(F)(F)F)c2)n1. The highest BCUT2D eigenvalue weighted by molar-refractivity contribution is 5.89. The van der Waals surface area contributed by atoms with Crippen LogP contribution in [0, 0.1) is 5.82 Å². The zero-order valence-electron chi connectivity index (χ0n) is 14.0. The van der Waals surface area contributed by atoms with Crippen LogP contribution in [0.5, 0.6) is 0 Å². The molecule has 0 N–H and O–H groups in total. The lowest BCUT2D eigenvalue weighted by Crippen LogP contribution is -2.11. The molecule has 0 atom stereocenters. The van der Waals surface area contributed by atoms with Gasteiger partial charge in [0.15, 0.2) is 5.69 Å². The molecule has 0 saturated carbocycles. The number of hydrogen-bond acceptors (Lipinski definition) is 4. The summed E-state index contributed by atoms with van der Waals surface area (Å²) >= 11 is 0. The molecular weight excluding hydrogens is 366 g/mol. The summed E-state index contributed by atoms with van der Waals surface area (Å²) in [6.07, 6.45) is -1.88. The minimum atomic E-state index is -4.87. The molecule has 27 heavy (non-hydrogen) atoms. The maximum absolute atomic E-state index is 13.6. The molecule has 140 valence electrons. The molecule has 0 radical (unpaired) electrons. The number of rotatable bonds is 4. The largest absolute Gasteiger partial charge is 0.461 e. The number of benzene rings is 1. The number of esters is 1. The van der Waals surface area contributed by atoms with E-state index in [-0.39, 0.29) is 18.0 Å². The van der Waals surface area contributed by atoms with E-state index in [1.54, 1.807) is 19.1 Å². The molecule has 0 saturated heterocycles. The van der Waals surface area contributed by atoms with Crippen LogP contribution in [-0.4, -0.2) is 27.3 Å². The van der Waals surface area contributed by atoms with Gasteiger partial charge in [0.25, 0.3) is 0 Å². The first-order chi connectivity index (χ1) is 12.8. The van der Waals surface area contributed by atoms with Gasteiger partial charge in [-0.3, -0.25) is 4.98 Å². The molecule has 2 aromatic heterocycles. The molecule has 3 rings (SSSR count). The lowest BCUT2D eigenvalue weighted by atomic mass is 10.1. The number of halogens is 4. The summed E-state index contributed by atoms with van der Waals surface area (Å²) in [6, 6.07) is 7.15. The molecule has 1 aromatic carbocycles. The smallest absolute Gasteiger partial charge is 0.419 e. The van der Waals surface area contributed by atoms with E-state index in [1.807, 2.05) is 0 Å². The molecule has 0 fully saturated rings. The second kappa shape index (κ2) is 7.18. The first kappa shape index (κ1) is 18.6. The van der Waals surface area contributed by atoms with Crippen LogP contribution in [0.25, 0.3) is 16.9 Å². The van der Waals surface area contributed by atoms with Gasteiger partial charge in [0.2, 0.25) is 0 Å². The molecule has 0 bridgehead atoms.